The Labute approximate surface area is 193 Å². The second-order valence-electron chi connectivity index (χ2n) is 6.92. The molecule has 0 saturated carbocycles. The topological polar surface area (TPSA) is 50.2 Å². The summed E-state index contributed by atoms with van der Waals surface area (Å²) in [5.41, 5.74) is 5.88. The first kappa shape index (κ1) is 21.2. The Balaban J connectivity index is 1.79. The van der Waals surface area contributed by atoms with Gasteiger partial charge in [-0.1, -0.05) is 0 Å². The van der Waals surface area contributed by atoms with Crippen LogP contribution in [0, 0.1) is 6.92 Å². The fraction of sp³-hybridized carbons (Fsp3) is 0.300. The maximum atomic E-state index is 13.0. The normalized spacial score (nSPS) is 14.9. The Morgan fingerprint density at radius 3 is 2.59 bits per heavy atom. The van der Waals surface area contributed by atoms with Gasteiger partial charge in [0.1, 0.15) is 0 Å². The molecule has 1 aliphatic rings. The van der Waals surface area contributed by atoms with Crippen molar-refractivity contribution in [2.24, 2.45) is 0 Å². The van der Waals surface area contributed by atoms with Gasteiger partial charge in [-0.2, -0.15) is 0 Å². The molecule has 1 aromatic carbocycles. The van der Waals surface area contributed by atoms with Gasteiger partial charge in [-0.05, 0) is 0 Å². The number of hydrogen-bond acceptors (Lipinski definition) is 3. The van der Waals surface area contributed by atoms with Gasteiger partial charge in [0.2, 0.25) is 0 Å². The van der Waals surface area contributed by atoms with E-state index in [1.54, 1.807) is 16.8 Å². The molecule has 1 amide bonds. The van der Waals surface area contributed by atoms with Crippen molar-refractivity contribution in [3.8, 4) is 15.8 Å². The van der Waals surface area contributed by atoms with Gasteiger partial charge in [-0.15, -0.1) is 0 Å². The fourth-order valence-electron chi connectivity index (χ4n) is 3.47. The van der Waals surface area contributed by atoms with Crippen LogP contribution in [-0.4, -0.2) is 48.3 Å². The molecule has 2 aromatic heterocycles. The molecule has 0 spiro atoms. The maximum absolute atomic E-state index is 13.0. The van der Waals surface area contributed by atoms with E-state index < -0.39 is 0 Å². The Bertz CT molecular complexity index is 1060. The predicted molar refractivity (Wildman–Crippen MR) is 121 cm³/mol. The van der Waals surface area contributed by atoms with Crippen LogP contribution in [0.2, 0.25) is 10.0 Å². The number of carbonyl (C=O) groups is 1. The monoisotopic (exact) mass is 560 g/mol. The molecule has 29 heavy (non-hydrogen) atoms. The van der Waals surface area contributed by atoms with E-state index >= 15 is 0 Å². The molecule has 3 aromatic rings. The number of benzene rings is 1. The van der Waals surface area contributed by atoms with Gasteiger partial charge in [-0.3, -0.25) is 0 Å². The number of piperidine rings is 1. The number of rotatable bonds is 4. The van der Waals surface area contributed by atoms with Gasteiger partial charge in [-0.25, -0.2) is 0 Å². The van der Waals surface area contributed by atoms with E-state index in [0.29, 0.717) is 21.4 Å². The molecule has 0 atom stereocenters. The third kappa shape index (κ3) is 4.50. The summed E-state index contributed by atoms with van der Waals surface area (Å²) in [6.07, 6.45) is 3.39. The van der Waals surface area contributed by atoms with Crippen LogP contribution in [0.25, 0.3) is 15.8 Å². The summed E-state index contributed by atoms with van der Waals surface area (Å²) in [7, 11) is 0. The molecule has 3 heterocycles. The van der Waals surface area contributed by atoms with Gasteiger partial charge in [0.25, 0.3) is 0 Å². The molecule has 1 fully saturated rings. The Morgan fingerprint density at radius 2 is 1.93 bits per heavy atom. The molecule has 4 rings (SSSR count). The van der Waals surface area contributed by atoms with E-state index in [1.807, 2.05) is 24.1 Å². The average molecular weight is 561 g/mol. The van der Waals surface area contributed by atoms with Gasteiger partial charge in [0.05, 0.1) is 0 Å². The van der Waals surface area contributed by atoms with Gasteiger partial charge in [0, 0.05) is 0 Å². The van der Waals surface area contributed by atoms with Crippen molar-refractivity contribution in [2.75, 3.05) is 13.1 Å². The SMILES string of the molecule is Cc1c(C(=O)NN2CCCCC2)nn(-c2ccc(Cl)cc2Cl)c1-c1ccc(Br)[se]1. The Kier molecular flexibility index (Phi) is 6.54. The summed E-state index contributed by atoms with van der Waals surface area (Å²) in [6.45, 7) is 3.68. The van der Waals surface area contributed by atoms with Crippen molar-refractivity contribution in [1.29, 1.82) is 0 Å². The molecular formula is C20H19BrCl2N4OSe. The third-order valence-electron chi connectivity index (χ3n) is 4.90. The predicted octanol–water partition coefficient (Wildman–Crippen LogP) is 5.10. The van der Waals surface area contributed by atoms with E-state index in [4.69, 9.17) is 23.2 Å². The minimum absolute atomic E-state index is 0.113. The van der Waals surface area contributed by atoms with Crippen LogP contribution in [0.3, 0.4) is 0 Å². The standard InChI is InChI=1S/C20H19BrCl2N4OSe/c1-12-18(20(28)25-26-9-3-2-4-10-26)24-27(15-6-5-13(22)11-14(15)23)19(12)16-7-8-17(21)29-16/h5-8,11H,2-4,9-10H2,1H3,(H,25,28). The number of hydrogen-bond donors (Lipinski definition) is 1. The first-order valence-electron chi connectivity index (χ1n) is 9.30. The fourth-order valence-corrected chi connectivity index (χ4v) is 6.72. The number of hydrazine groups is 1. The Morgan fingerprint density at radius 1 is 1.17 bits per heavy atom. The van der Waals surface area contributed by atoms with E-state index in [1.165, 1.54) is 6.42 Å². The van der Waals surface area contributed by atoms with Gasteiger partial charge < -0.3 is 0 Å². The van der Waals surface area contributed by atoms with Crippen molar-refractivity contribution < 1.29 is 4.79 Å². The molecule has 152 valence electrons. The molecule has 1 saturated heterocycles. The number of halogens is 3. The quantitative estimate of drug-likeness (QED) is 0.451. The average Bonchev–Trinajstić information content (AvgIpc) is 3.25. The minimum atomic E-state index is -0.187. The van der Waals surface area contributed by atoms with Crippen molar-refractivity contribution in [3.05, 3.63) is 55.0 Å². The molecule has 5 nitrogen and oxygen atoms in total. The van der Waals surface area contributed by atoms with E-state index in [2.05, 4.69) is 32.5 Å². The van der Waals surface area contributed by atoms with Crippen LogP contribution in [0.5, 0.6) is 0 Å². The zero-order valence-electron chi connectivity index (χ0n) is 15.7. The van der Waals surface area contributed by atoms with E-state index in [0.717, 1.165) is 45.0 Å². The molecule has 0 aliphatic carbocycles. The van der Waals surface area contributed by atoms with Crippen molar-refractivity contribution in [3.63, 3.8) is 0 Å². The summed E-state index contributed by atoms with van der Waals surface area (Å²) < 4.78 is 4.05. The summed E-state index contributed by atoms with van der Waals surface area (Å²) in [5, 5.41) is 7.71. The zero-order valence-corrected chi connectivity index (χ0v) is 20.5. The summed E-state index contributed by atoms with van der Waals surface area (Å²) in [4.78, 5) is 13.0. The molecule has 9 heteroatoms. The van der Waals surface area contributed by atoms with Gasteiger partial charge in [0.15, 0.2) is 0 Å². The molecule has 0 unspecified atom stereocenters. The summed E-state index contributed by atoms with van der Waals surface area (Å²) >= 11 is 16.3. The summed E-state index contributed by atoms with van der Waals surface area (Å²) in [6, 6.07) is 9.41. The zero-order chi connectivity index (χ0) is 20.5. The molecule has 1 aliphatic heterocycles. The number of amides is 1. The first-order valence-corrected chi connectivity index (χ1v) is 12.6. The Hall–Kier alpha value is -1.08. The second kappa shape index (κ2) is 8.96. The van der Waals surface area contributed by atoms with E-state index in [9.17, 15) is 4.79 Å². The van der Waals surface area contributed by atoms with Crippen LogP contribution >= 0.6 is 39.1 Å². The molecule has 0 radical (unpaired) electrons. The first-order chi connectivity index (χ1) is 13.9. The number of nitrogens with one attached hydrogen (secondary N) is 1. The van der Waals surface area contributed by atoms with Crippen molar-refractivity contribution in [1.82, 2.24) is 20.2 Å². The van der Waals surface area contributed by atoms with Crippen LogP contribution in [-0.2, 0) is 0 Å². The van der Waals surface area contributed by atoms with Crippen LogP contribution < -0.4 is 5.43 Å². The summed E-state index contributed by atoms with van der Waals surface area (Å²) in [5.74, 6) is -0.187. The van der Waals surface area contributed by atoms with Gasteiger partial charge >= 0.3 is 195 Å². The molecule has 0 bridgehead atoms. The van der Waals surface area contributed by atoms with Crippen LogP contribution in [0.1, 0.15) is 35.3 Å². The molecular weight excluding hydrogens is 542 g/mol. The van der Waals surface area contributed by atoms with Crippen molar-refractivity contribution in [2.45, 2.75) is 26.2 Å². The van der Waals surface area contributed by atoms with Crippen molar-refractivity contribution >= 4 is 59.5 Å². The molecule has 1 N–H and O–H groups in total. The number of carbonyl (C=O) groups excluding carboxylic acids is 1. The van der Waals surface area contributed by atoms with Crippen LogP contribution in [0.15, 0.2) is 33.7 Å². The van der Waals surface area contributed by atoms with Crippen LogP contribution in [0.4, 0.5) is 0 Å². The third-order valence-corrected chi connectivity index (χ3v) is 8.39. The van der Waals surface area contributed by atoms with E-state index in [-0.39, 0.29) is 20.4 Å². The number of nitrogens with zero attached hydrogens (tertiary/aromatic N) is 3. The second-order valence-corrected chi connectivity index (χ2v) is 12.1. The number of aromatic nitrogens is 2.